The fourth-order valence-electron chi connectivity index (χ4n) is 1.45. The molecule has 0 radical (unpaired) electrons. The second kappa shape index (κ2) is 5.01. The molecule has 4 nitrogen and oxygen atoms in total. The van der Waals surface area contributed by atoms with Crippen molar-refractivity contribution in [1.82, 2.24) is 15.5 Å². The lowest BCUT2D eigenvalue weighted by molar-refractivity contribution is 0.236. The highest BCUT2D eigenvalue weighted by Crippen LogP contribution is 2.05. The smallest absolute Gasteiger partial charge is 0.315 e. The van der Waals surface area contributed by atoms with Crippen LogP contribution < -0.4 is 10.6 Å². The van der Waals surface area contributed by atoms with Crippen molar-refractivity contribution >= 4 is 6.03 Å². The van der Waals surface area contributed by atoms with E-state index < -0.39 is 6.67 Å². The monoisotopic (exact) mass is 189 g/mol. The van der Waals surface area contributed by atoms with Gasteiger partial charge in [0.25, 0.3) is 0 Å². The van der Waals surface area contributed by atoms with Gasteiger partial charge in [-0.05, 0) is 20.0 Å². The molecule has 0 spiro atoms. The van der Waals surface area contributed by atoms with Gasteiger partial charge in [0.05, 0.1) is 0 Å². The minimum atomic E-state index is -0.516. The molecular weight excluding hydrogens is 173 g/mol. The molecule has 13 heavy (non-hydrogen) atoms. The molecule has 1 saturated heterocycles. The van der Waals surface area contributed by atoms with E-state index in [1.54, 1.807) is 0 Å². The summed E-state index contributed by atoms with van der Waals surface area (Å²) in [6.07, 6.45) is 0.972. The van der Waals surface area contributed by atoms with Gasteiger partial charge in [-0.3, -0.25) is 0 Å². The van der Waals surface area contributed by atoms with Gasteiger partial charge in [0.15, 0.2) is 0 Å². The molecule has 1 aliphatic heterocycles. The molecule has 0 aromatic carbocycles. The first-order valence-electron chi connectivity index (χ1n) is 4.51. The maximum Gasteiger partial charge on any atom is 0.315 e. The zero-order valence-electron chi connectivity index (χ0n) is 7.85. The summed E-state index contributed by atoms with van der Waals surface area (Å²) in [6, 6.07) is -0.0532. The van der Waals surface area contributed by atoms with Crippen LogP contribution in [-0.2, 0) is 0 Å². The van der Waals surface area contributed by atoms with Crippen LogP contribution in [0.25, 0.3) is 0 Å². The molecule has 0 aromatic rings. The number of halogens is 1. The van der Waals surface area contributed by atoms with Gasteiger partial charge in [0.2, 0.25) is 0 Å². The van der Waals surface area contributed by atoms with Gasteiger partial charge >= 0.3 is 6.03 Å². The van der Waals surface area contributed by atoms with Crippen LogP contribution in [0, 0.1) is 0 Å². The molecule has 1 atom stereocenters. The highest BCUT2D eigenvalue weighted by molar-refractivity contribution is 5.74. The molecule has 5 heteroatoms. The zero-order chi connectivity index (χ0) is 9.68. The summed E-state index contributed by atoms with van der Waals surface area (Å²) in [5.41, 5.74) is 0. The van der Waals surface area contributed by atoms with Crippen molar-refractivity contribution in [3.63, 3.8) is 0 Å². The fourth-order valence-corrected chi connectivity index (χ4v) is 1.45. The van der Waals surface area contributed by atoms with E-state index in [1.807, 2.05) is 7.05 Å². The predicted octanol–water partition coefficient (Wildman–Crippen LogP) is -0.0408. The van der Waals surface area contributed by atoms with E-state index in [0.717, 1.165) is 19.5 Å². The quantitative estimate of drug-likeness (QED) is 0.654. The SMILES string of the molecule is CN1CCC(NC(=O)NCCF)C1. The number of amides is 2. The Morgan fingerprint density at radius 3 is 3.00 bits per heavy atom. The van der Waals surface area contributed by atoms with E-state index in [2.05, 4.69) is 15.5 Å². The Hall–Kier alpha value is -0.840. The lowest BCUT2D eigenvalue weighted by Gasteiger charge is -2.12. The molecule has 1 aliphatic rings. The highest BCUT2D eigenvalue weighted by atomic mass is 19.1. The average molecular weight is 189 g/mol. The second-order valence-electron chi connectivity index (χ2n) is 3.34. The number of likely N-dealkylation sites (N-methyl/N-ethyl adjacent to an activating group) is 1. The first-order chi connectivity index (χ1) is 6.22. The topological polar surface area (TPSA) is 44.4 Å². The number of rotatable bonds is 3. The number of nitrogens with zero attached hydrogens (tertiary/aromatic N) is 1. The lowest BCUT2D eigenvalue weighted by Crippen LogP contribution is -2.43. The molecule has 0 bridgehead atoms. The van der Waals surface area contributed by atoms with Crippen molar-refractivity contribution in [2.24, 2.45) is 0 Å². The number of likely N-dealkylation sites (tertiary alicyclic amines) is 1. The predicted molar refractivity (Wildman–Crippen MR) is 48.4 cm³/mol. The summed E-state index contributed by atoms with van der Waals surface area (Å²) < 4.78 is 11.7. The molecule has 2 amide bonds. The van der Waals surface area contributed by atoms with E-state index in [0.29, 0.717) is 0 Å². The highest BCUT2D eigenvalue weighted by Gasteiger charge is 2.20. The Balaban J connectivity index is 2.13. The van der Waals surface area contributed by atoms with Crippen LogP contribution in [0.3, 0.4) is 0 Å². The van der Waals surface area contributed by atoms with E-state index in [4.69, 9.17) is 0 Å². The molecule has 0 aliphatic carbocycles. The van der Waals surface area contributed by atoms with Gasteiger partial charge in [0.1, 0.15) is 6.67 Å². The average Bonchev–Trinajstić information content (AvgIpc) is 2.48. The molecule has 1 heterocycles. The van der Waals surface area contributed by atoms with Crippen molar-refractivity contribution in [3.8, 4) is 0 Å². The number of hydrogen-bond donors (Lipinski definition) is 2. The van der Waals surface area contributed by atoms with Crippen molar-refractivity contribution in [2.75, 3.05) is 33.4 Å². The third-order valence-corrected chi connectivity index (χ3v) is 2.11. The normalized spacial score (nSPS) is 23.1. The van der Waals surface area contributed by atoms with Crippen LogP contribution in [0.5, 0.6) is 0 Å². The first kappa shape index (κ1) is 10.2. The number of hydrogen-bond acceptors (Lipinski definition) is 2. The molecule has 1 fully saturated rings. The van der Waals surface area contributed by atoms with Crippen molar-refractivity contribution < 1.29 is 9.18 Å². The minimum Gasteiger partial charge on any atom is -0.336 e. The molecule has 76 valence electrons. The van der Waals surface area contributed by atoms with Crippen LogP contribution in [-0.4, -0.2) is 50.3 Å². The molecule has 1 rings (SSSR count). The Labute approximate surface area is 77.5 Å². The molecule has 2 N–H and O–H groups in total. The van der Waals surface area contributed by atoms with Gasteiger partial charge in [-0.1, -0.05) is 0 Å². The van der Waals surface area contributed by atoms with Gasteiger partial charge in [-0.25, -0.2) is 9.18 Å². The third kappa shape index (κ3) is 3.59. The summed E-state index contributed by atoms with van der Waals surface area (Å²) >= 11 is 0. The third-order valence-electron chi connectivity index (χ3n) is 2.11. The molecule has 0 aromatic heterocycles. The first-order valence-corrected chi connectivity index (χ1v) is 4.51. The number of urea groups is 1. The second-order valence-corrected chi connectivity index (χ2v) is 3.34. The van der Waals surface area contributed by atoms with Crippen molar-refractivity contribution in [1.29, 1.82) is 0 Å². The van der Waals surface area contributed by atoms with Crippen LogP contribution in [0.2, 0.25) is 0 Å². The minimum absolute atomic E-state index is 0.0917. The van der Waals surface area contributed by atoms with Crippen molar-refractivity contribution in [3.05, 3.63) is 0 Å². The van der Waals surface area contributed by atoms with E-state index in [9.17, 15) is 9.18 Å². The Bertz CT molecular complexity index is 177. The molecular formula is C8H16FN3O. The summed E-state index contributed by atoms with van der Waals surface area (Å²) in [5.74, 6) is 0. The standard InChI is InChI=1S/C8H16FN3O/c1-12-5-2-7(6-12)11-8(13)10-4-3-9/h7H,2-6H2,1H3,(H2,10,11,13). The molecule has 1 unspecified atom stereocenters. The Morgan fingerprint density at radius 1 is 1.69 bits per heavy atom. The van der Waals surface area contributed by atoms with Crippen LogP contribution in [0.15, 0.2) is 0 Å². The summed E-state index contributed by atoms with van der Waals surface area (Å²) in [5, 5.41) is 5.22. The van der Waals surface area contributed by atoms with Gasteiger partial charge in [0, 0.05) is 19.1 Å². The largest absolute Gasteiger partial charge is 0.336 e. The maximum absolute atomic E-state index is 11.7. The fraction of sp³-hybridized carbons (Fsp3) is 0.875. The van der Waals surface area contributed by atoms with Crippen LogP contribution in [0.1, 0.15) is 6.42 Å². The summed E-state index contributed by atoms with van der Waals surface area (Å²) in [4.78, 5) is 13.2. The van der Waals surface area contributed by atoms with E-state index in [1.165, 1.54) is 0 Å². The van der Waals surface area contributed by atoms with Crippen molar-refractivity contribution in [2.45, 2.75) is 12.5 Å². The van der Waals surface area contributed by atoms with Gasteiger partial charge < -0.3 is 15.5 Å². The van der Waals surface area contributed by atoms with Crippen LogP contribution in [0.4, 0.5) is 9.18 Å². The Morgan fingerprint density at radius 2 is 2.46 bits per heavy atom. The number of nitrogens with one attached hydrogen (secondary N) is 2. The van der Waals surface area contributed by atoms with Gasteiger partial charge in [-0.15, -0.1) is 0 Å². The molecule has 0 saturated carbocycles. The number of carbonyl (C=O) groups excluding carboxylic acids is 1. The van der Waals surface area contributed by atoms with Crippen LogP contribution >= 0.6 is 0 Å². The Kier molecular flexibility index (Phi) is 3.95. The lowest BCUT2D eigenvalue weighted by atomic mass is 10.3. The summed E-state index contributed by atoms with van der Waals surface area (Å²) in [6.45, 7) is 1.46. The van der Waals surface area contributed by atoms with Gasteiger partial charge in [-0.2, -0.15) is 0 Å². The maximum atomic E-state index is 11.7. The summed E-state index contributed by atoms with van der Waals surface area (Å²) in [7, 11) is 2.02. The zero-order valence-corrected chi connectivity index (χ0v) is 7.85. The van der Waals surface area contributed by atoms with E-state index >= 15 is 0 Å². The van der Waals surface area contributed by atoms with E-state index in [-0.39, 0.29) is 18.6 Å². The number of carbonyl (C=O) groups is 1. The number of alkyl halides is 1.